The van der Waals surface area contributed by atoms with E-state index in [1.54, 1.807) is 0 Å². The van der Waals surface area contributed by atoms with Crippen LogP contribution >= 0.6 is 11.6 Å². The van der Waals surface area contributed by atoms with Gasteiger partial charge in [-0.3, -0.25) is 9.59 Å². The summed E-state index contributed by atoms with van der Waals surface area (Å²) in [5.74, 6) is -1.09. The largest absolute Gasteiger partial charge is 0.366 e. The van der Waals surface area contributed by atoms with Crippen molar-refractivity contribution in [2.75, 3.05) is 19.4 Å². The first-order chi connectivity index (χ1) is 11.6. The van der Waals surface area contributed by atoms with E-state index in [-0.39, 0.29) is 15.5 Å². The average Bonchev–Trinajstić information content (AvgIpc) is 2.55. The summed E-state index contributed by atoms with van der Waals surface area (Å²) in [6, 6.07) is 9.97. The molecule has 0 bridgehead atoms. The predicted octanol–water partition coefficient (Wildman–Crippen LogP) is 1.94. The highest BCUT2D eigenvalue weighted by Gasteiger charge is 2.22. The third-order valence-corrected chi connectivity index (χ3v) is 5.68. The van der Waals surface area contributed by atoms with Crippen LogP contribution in [0, 0.1) is 0 Å². The summed E-state index contributed by atoms with van der Waals surface area (Å²) < 4.78 is 25.5. The fraction of sp³-hybridized carbons (Fsp3) is 0.125. The van der Waals surface area contributed by atoms with Gasteiger partial charge in [0, 0.05) is 30.9 Å². The lowest BCUT2D eigenvalue weighted by Crippen LogP contribution is -2.23. The summed E-state index contributed by atoms with van der Waals surface area (Å²) in [5.41, 5.74) is 6.02. The minimum Gasteiger partial charge on any atom is -0.366 e. The predicted molar refractivity (Wildman–Crippen MR) is 95.2 cm³/mol. The molecule has 0 aliphatic rings. The van der Waals surface area contributed by atoms with E-state index in [1.165, 1.54) is 56.6 Å². The number of rotatable bonds is 5. The molecule has 0 radical (unpaired) electrons. The Morgan fingerprint density at radius 2 is 1.60 bits per heavy atom. The van der Waals surface area contributed by atoms with E-state index in [0.29, 0.717) is 11.3 Å². The molecular weight excluding hydrogens is 366 g/mol. The molecule has 0 aliphatic heterocycles. The van der Waals surface area contributed by atoms with E-state index in [0.717, 1.165) is 4.31 Å². The van der Waals surface area contributed by atoms with Crippen LogP contribution in [0.1, 0.15) is 20.7 Å². The molecule has 0 aromatic heterocycles. The smallest absolute Gasteiger partial charge is 0.255 e. The zero-order valence-corrected chi connectivity index (χ0v) is 15.1. The first kappa shape index (κ1) is 18.9. The maximum Gasteiger partial charge on any atom is 0.255 e. The van der Waals surface area contributed by atoms with Gasteiger partial charge >= 0.3 is 0 Å². The molecule has 7 nitrogen and oxygen atoms in total. The summed E-state index contributed by atoms with van der Waals surface area (Å²) in [4.78, 5) is 23.2. The zero-order chi connectivity index (χ0) is 18.8. The standard InChI is InChI=1S/C16H16ClN3O4S/c1-20(2)25(23,24)14-9-11(5-8-13(14)17)16(22)19-12-6-3-10(4-7-12)15(18)21/h3-9H,1-2H3,(H2,18,21)(H,19,22). The lowest BCUT2D eigenvalue weighted by Gasteiger charge is -2.14. The van der Waals surface area contributed by atoms with Gasteiger partial charge in [-0.05, 0) is 42.5 Å². The maximum absolute atomic E-state index is 12.3. The van der Waals surface area contributed by atoms with Crippen LogP contribution in [0.3, 0.4) is 0 Å². The average molecular weight is 382 g/mol. The van der Waals surface area contributed by atoms with Gasteiger partial charge in [0.1, 0.15) is 4.90 Å². The Morgan fingerprint density at radius 3 is 2.12 bits per heavy atom. The lowest BCUT2D eigenvalue weighted by molar-refractivity contribution is 0.0998. The number of anilines is 1. The highest BCUT2D eigenvalue weighted by atomic mass is 35.5. The molecule has 0 aliphatic carbocycles. The fourth-order valence-corrected chi connectivity index (χ4v) is 3.35. The number of carbonyl (C=O) groups excluding carboxylic acids is 2. The molecule has 132 valence electrons. The van der Waals surface area contributed by atoms with Crippen molar-refractivity contribution in [1.29, 1.82) is 0 Å². The zero-order valence-electron chi connectivity index (χ0n) is 13.5. The van der Waals surface area contributed by atoms with Crippen LogP contribution in [0.4, 0.5) is 5.69 Å². The minimum atomic E-state index is -3.78. The summed E-state index contributed by atoms with van der Waals surface area (Å²) >= 11 is 5.96. The fourth-order valence-electron chi connectivity index (χ4n) is 1.96. The molecule has 0 heterocycles. The molecule has 0 atom stereocenters. The molecule has 2 rings (SSSR count). The van der Waals surface area contributed by atoms with Crippen LogP contribution in [-0.4, -0.2) is 38.6 Å². The van der Waals surface area contributed by atoms with Gasteiger partial charge in [-0.1, -0.05) is 11.6 Å². The van der Waals surface area contributed by atoms with Gasteiger partial charge in [0.2, 0.25) is 15.9 Å². The van der Waals surface area contributed by atoms with E-state index in [4.69, 9.17) is 17.3 Å². The van der Waals surface area contributed by atoms with Gasteiger partial charge in [0.15, 0.2) is 0 Å². The first-order valence-electron chi connectivity index (χ1n) is 7.06. The summed E-state index contributed by atoms with van der Waals surface area (Å²) in [6.07, 6.45) is 0. The van der Waals surface area contributed by atoms with Gasteiger partial charge in [0.05, 0.1) is 5.02 Å². The van der Waals surface area contributed by atoms with Gasteiger partial charge in [0.25, 0.3) is 5.91 Å². The van der Waals surface area contributed by atoms with Crippen LogP contribution in [0.5, 0.6) is 0 Å². The highest BCUT2D eigenvalue weighted by Crippen LogP contribution is 2.25. The molecule has 9 heteroatoms. The number of nitrogens with zero attached hydrogens (tertiary/aromatic N) is 1. The Labute approximate surface area is 150 Å². The van der Waals surface area contributed by atoms with Crippen molar-refractivity contribution in [3.63, 3.8) is 0 Å². The van der Waals surface area contributed by atoms with E-state index in [1.807, 2.05) is 0 Å². The Kier molecular flexibility index (Phi) is 5.46. The number of amides is 2. The molecule has 0 unspecified atom stereocenters. The molecule has 25 heavy (non-hydrogen) atoms. The van der Waals surface area contributed by atoms with Gasteiger partial charge in [-0.15, -0.1) is 0 Å². The SMILES string of the molecule is CN(C)S(=O)(=O)c1cc(C(=O)Nc2ccc(C(N)=O)cc2)ccc1Cl. The molecular formula is C16H16ClN3O4S. The van der Waals surface area contributed by atoms with Crippen molar-refractivity contribution >= 4 is 39.1 Å². The normalized spacial score (nSPS) is 11.4. The number of halogens is 1. The maximum atomic E-state index is 12.3. The van der Waals surface area contributed by atoms with Crippen molar-refractivity contribution in [3.8, 4) is 0 Å². The van der Waals surface area contributed by atoms with Crippen molar-refractivity contribution < 1.29 is 18.0 Å². The second kappa shape index (κ2) is 7.22. The number of benzene rings is 2. The number of sulfonamides is 1. The van der Waals surface area contributed by atoms with Crippen molar-refractivity contribution in [1.82, 2.24) is 4.31 Å². The van der Waals surface area contributed by atoms with Crippen molar-refractivity contribution in [3.05, 3.63) is 58.6 Å². The number of hydrogen-bond donors (Lipinski definition) is 2. The topological polar surface area (TPSA) is 110 Å². The number of carbonyl (C=O) groups is 2. The molecule has 3 N–H and O–H groups in total. The van der Waals surface area contributed by atoms with Crippen molar-refractivity contribution in [2.45, 2.75) is 4.90 Å². The molecule has 2 amide bonds. The lowest BCUT2D eigenvalue weighted by atomic mass is 10.1. The third kappa shape index (κ3) is 4.16. The quantitative estimate of drug-likeness (QED) is 0.824. The van der Waals surface area contributed by atoms with Gasteiger partial charge < -0.3 is 11.1 Å². The number of nitrogens with one attached hydrogen (secondary N) is 1. The molecule has 0 saturated carbocycles. The Hall–Kier alpha value is -2.42. The van der Waals surface area contributed by atoms with Crippen LogP contribution in [0.2, 0.25) is 5.02 Å². The van der Waals surface area contributed by atoms with E-state index < -0.39 is 21.8 Å². The van der Waals surface area contributed by atoms with E-state index in [2.05, 4.69) is 5.32 Å². The van der Waals surface area contributed by atoms with Crippen LogP contribution < -0.4 is 11.1 Å². The Balaban J connectivity index is 2.30. The van der Waals surface area contributed by atoms with Crippen LogP contribution in [0.15, 0.2) is 47.4 Å². The second-order valence-electron chi connectivity index (χ2n) is 5.33. The molecule has 0 fully saturated rings. The van der Waals surface area contributed by atoms with Crippen LogP contribution in [0.25, 0.3) is 0 Å². The third-order valence-electron chi connectivity index (χ3n) is 3.38. The molecule has 0 spiro atoms. The number of primary amides is 1. The number of nitrogens with two attached hydrogens (primary N) is 1. The summed E-state index contributed by atoms with van der Waals surface area (Å²) in [7, 11) is -1.03. The second-order valence-corrected chi connectivity index (χ2v) is 7.86. The summed E-state index contributed by atoms with van der Waals surface area (Å²) in [6.45, 7) is 0. The number of hydrogen-bond acceptors (Lipinski definition) is 4. The Morgan fingerprint density at radius 1 is 1.04 bits per heavy atom. The summed E-state index contributed by atoms with van der Waals surface area (Å²) in [5, 5.41) is 2.63. The van der Waals surface area contributed by atoms with E-state index >= 15 is 0 Å². The molecule has 2 aromatic rings. The monoisotopic (exact) mass is 381 g/mol. The minimum absolute atomic E-state index is 0.0241. The first-order valence-corrected chi connectivity index (χ1v) is 8.88. The van der Waals surface area contributed by atoms with Gasteiger partial charge in [-0.2, -0.15) is 0 Å². The highest BCUT2D eigenvalue weighted by molar-refractivity contribution is 7.89. The molecule has 0 saturated heterocycles. The van der Waals surface area contributed by atoms with Crippen molar-refractivity contribution in [2.24, 2.45) is 5.73 Å². The Bertz CT molecular complexity index is 925. The van der Waals surface area contributed by atoms with Gasteiger partial charge in [-0.25, -0.2) is 12.7 Å². The van der Waals surface area contributed by atoms with E-state index in [9.17, 15) is 18.0 Å². The molecule has 2 aromatic carbocycles. The van der Waals surface area contributed by atoms with Crippen LogP contribution in [-0.2, 0) is 10.0 Å².